The average Bonchev–Trinajstić information content (AvgIpc) is 2.96. The summed E-state index contributed by atoms with van der Waals surface area (Å²) in [7, 11) is 0. The van der Waals surface area contributed by atoms with Crippen molar-refractivity contribution >= 4 is 11.9 Å². The number of nitrogens with one attached hydrogen (secondary N) is 2. The highest BCUT2D eigenvalue weighted by molar-refractivity contribution is 5.98. The van der Waals surface area contributed by atoms with Gasteiger partial charge in [-0.25, -0.2) is 4.99 Å². The molecule has 3 aliphatic rings. The second-order valence-electron chi connectivity index (χ2n) is 4.83. The number of aliphatic imine (C=N–C) groups is 1. The first-order valence-electron chi connectivity index (χ1n) is 5.83. The Hall–Kier alpha value is -1.98. The molecule has 1 saturated heterocycles. The van der Waals surface area contributed by atoms with Crippen molar-refractivity contribution in [3.8, 4) is 0 Å². The van der Waals surface area contributed by atoms with Crippen molar-refractivity contribution in [1.29, 1.82) is 0 Å². The molecule has 4 N–H and O–H groups in total. The topological polar surface area (TPSA) is 86.5 Å². The minimum atomic E-state index is -0.406. The van der Waals surface area contributed by atoms with Crippen LogP contribution in [0.2, 0.25) is 0 Å². The van der Waals surface area contributed by atoms with Gasteiger partial charge in [0.25, 0.3) is 5.91 Å². The van der Waals surface area contributed by atoms with Crippen LogP contribution in [0.15, 0.2) is 17.3 Å². The highest BCUT2D eigenvalue weighted by atomic mass is 16.2. The van der Waals surface area contributed by atoms with Gasteiger partial charge in [-0.05, 0) is 18.9 Å². The van der Waals surface area contributed by atoms with Crippen LogP contribution in [0.25, 0.3) is 0 Å². The zero-order chi connectivity index (χ0) is 11.6. The van der Waals surface area contributed by atoms with Gasteiger partial charge in [0.05, 0.1) is 0 Å². The number of amides is 1. The Labute approximate surface area is 97.9 Å². The van der Waals surface area contributed by atoms with Crippen LogP contribution in [0.5, 0.6) is 0 Å². The van der Waals surface area contributed by atoms with E-state index in [1.165, 1.54) is 0 Å². The zero-order valence-electron chi connectivity index (χ0n) is 9.23. The number of carbonyl (C=O) groups is 1. The summed E-state index contributed by atoms with van der Waals surface area (Å²) in [6.45, 7) is 0.767. The Morgan fingerprint density at radius 1 is 1.59 bits per heavy atom. The first kappa shape index (κ1) is 9.09. The van der Waals surface area contributed by atoms with Gasteiger partial charge < -0.3 is 20.9 Å². The van der Waals surface area contributed by atoms with E-state index in [9.17, 15) is 4.79 Å². The molecule has 0 aliphatic carbocycles. The number of nitrogens with zero attached hydrogens (tertiary/aromatic N) is 2. The molecule has 4 heterocycles. The third-order valence-electron chi connectivity index (χ3n) is 4.02. The summed E-state index contributed by atoms with van der Waals surface area (Å²) in [5.74, 6) is 0.486. The van der Waals surface area contributed by atoms with E-state index in [1.807, 2.05) is 11.0 Å². The van der Waals surface area contributed by atoms with Crippen LogP contribution in [0.4, 0.5) is 0 Å². The van der Waals surface area contributed by atoms with Crippen molar-refractivity contribution in [3.05, 3.63) is 23.5 Å². The van der Waals surface area contributed by atoms with Gasteiger partial charge in [-0.2, -0.15) is 0 Å². The maximum atomic E-state index is 12.4. The molecule has 0 saturated carbocycles. The molecule has 6 nitrogen and oxygen atoms in total. The van der Waals surface area contributed by atoms with Gasteiger partial charge in [0, 0.05) is 18.3 Å². The van der Waals surface area contributed by atoms with E-state index in [1.54, 1.807) is 6.20 Å². The minimum Gasteiger partial charge on any atom is -0.370 e. The molecular weight excluding hydrogens is 218 g/mol. The van der Waals surface area contributed by atoms with Crippen LogP contribution < -0.4 is 11.1 Å². The number of nitrogens with two attached hydrogens (primary N) is 1. The number of guanidine groups is 1. The number of rotatable bonds is 0. The molecule has 0 aromatic carbocycles. The fourth-order valence-electron chi connectivity index (χ4n) is 3.36. The molecule has 1 unspecified atom stereocenters. The van der Waals surface area contributed by atoms with Crippen molar-refractivity contribution < 1.29 is 4.79 Å². The summed E-state index contributed by atoms with van der Waals surface area (Å²) in [4.78, 5) is 21.7. The molecule has 3 aliphatic heterocycles. The monoisotopic (exact) mass is 231 g/mol. The van der Waals surface area contributed by atoms with Gasteiger partial charge in [0.15, 0.2) is 5.96 Å². The summed E-state index contributed by atoms with van der Waals surface area (Å²) in [6, 6.07) is 1.86. The van der Waals surface area contributed by atoms with Crippen molar-refractivity contribution in [2.75, 3.05) is 6.54 Å². The highest BCUT2D eigenvalue weighted by Crippen LogP contribution is 2.47. The van der Waals surface area contributed by atoms with Crippen LogP contribution in [0.1, 0.15) is 34.9 Å². The second-order valence-corrected chi connectivity index (χ2v) is 4.83. The fourth-order valence-corrected chi connectivity index (χ4v) is 3.36. The number of hydrogen-bond acceptors (Lipinski definition) is 4. The first-order chi connectivity index (χ1) is 8.22. The quantitative estimate of drug-likeness (QED) is 0.583. The van der Waals surface area contributed by atoms with Crippen molar-refractivity contribution in [2.45, 2.75) is 24.5 Å². The molecular formula is C11H13N5O. The van der Waals surface area contributed by atoms with E-state index >= 15 is 0 Å². The molecule has 6 heteroatoms. The lowest BCUT2D eigenvalue weighted by Gasteiger charge is -2.42. The summed E-state index contributed by atoms with van der Waals surface area (Å²) in [5.41, 5.74) is 7.02. The van der Waals surface area contributed by atoms with Crippen LogP contribution >= 0.6 is 0 Å². The molecule has 88 valence electrons. The zero-order valence-corrected chi connectivity index (χ0v) is 9.23. The summed E-state index contributed by atoms with van der Waals surface area (Å²) < 4.78 is 0. The molecule has 17 heavy (non-hydrogen) atoms. The van der Waals surface area contributed by atoms with Gasteiger partial charge in [-0.1, -0.05) is 0 Å². The van der Waals surface area contributed by atoms with Crippen LogP contribution in [0.3, 0.4) is 0 Å². The number of carbonyl (C=O) groups excluding carboxylic acids is 1. The summed E-state index contributed by atoms with van der Waals surface area (Å²) >= 11 is 0. The van der Waals surface area contributed by atoms with E-state index < -0.39 is 5.66 Å². The van der Waals surface area contributed by atoms with Gasteiger partial charge in [-0.15, -0.1) is 0 Å². The second kappa shape index (κ2) is 2.64. The van der Waals surface area contributed by atoms with E-state index in [0.29, 0.717) is 11.7 Å². The van der Waals surface area contributed by atoms with Gasteiger partial charge in [0.1, 0.15) is 17.4 Å². The first-order valence-corrected chi connectivity index (χ1v) is 5.83. The van der Waals surface area contributed by atoms with Gasteiger partial charge >= 0.3 is 0 Å². The summed E-state index contributed by atoms with van der Waals surface area (Å²) in [6.07, 6.45) is 3.68. The van der Waals surface area contributed by atoms with Crippen molar-refractivity contribution in [3.63, 3.8) is 0 Å². The number of fused-ring (bicyclic) bond motifs is 2. The van der Waals surface area contributed by atoms with Gasteiger partial charge in [0.2, 0.25) is 0 Å². The number of aromatic amines is 1. The lowest BCUT2D eigenvalue weighted by atomic mass is 9.88. The van der Waals surface area contributed by atoms with E-state index in [2.05, 4.69) is 15.3 Å². The van der Waals surface area contributed by atoms with E-state index in [-0.39, 0.29) is 11.9 Å². The molecule has 1 spiro atoms. The molecule has 1 fully saturated rings. The normalized spacial score (nSPS) is 33.9. The van der Waals surface area contributed by atoms with Crippen LogP contribution in [0, 0.1) is 0 Å². The number of hydrogen-bond donors (Lipinski definition) is 3. The average molecular weight is 231 g/mol. The smallest absolute Gasteiger partial charge is 0.272 e. The molecule has 1 aromatic heterocycles. The third-order valence-corrected chi connectivity index (χ3v) is 4.02. The Balaban J connectivity index is 1.97. The Bertz CT molecular complexity index is 548. The standard InChI is InChI=1S/C11H13N5O/c12-10-14-8-6-2-4-13-7(6)9(17)16-5-1-3-11(8,16)15-10/h2,4,8,13H,1,3,5H2,(H3,12,14,15)/t8-,11?/m0/s1. The number of aromatic nitrogens is 1. The molecule has 1 aromatic rings. The van der Waals surface area contributed by atoms with E-state index in [0.717, 1.165) is 24.9 Å². The SMILES string of the molecule is NC1=N[C@H]2c3cc[nH]c3C(=O)N3CCCC23N1. The van der Waals surface area contributed by atoms with Crippen molar-refractivity contribution in [2.24, 2.45) is 10.7 Å². The lowest BCUT2D eigenvalue weighted by Crippen LogP contribution is -2.61. The number of H-pyrrole nitrogens is 1. The maximum Gasteiger partial charge on any atom is 0.272 e. The van der Waals surface area contributed by atoms with Gasteiger partial charge in [-0.3, -0.25) is 4.79 Å². The predicted molar refractivity (Wildman–Crippen MR) is 61.3 cm³/mol. The Kier molecular flexibility index (Phi) is 1.41. The van der Waals surface area contributed by atoms with Crippen LogP contribution in [-0.4, -0.2) is 34.0 Å². The molecule has 0 radical (unpaired) electrons. The van der Waals surface area contributed by atoms with Crippen molar-refractivity contribution in [1.82, 2.24) is 15.2 Å². The largest absolute Gasteiger partial charge is 0.370 e. The predicted octanol–water partition coefficient (Wildman–Crippen LogP) is -0.0804. The highest BCUT2D eigenvalue weighted by Gasteiger charge is 2.57. The molecule has 1 amide bonds. The molecule has 2 atom stereocenters. The van der Waals surface area contributed by atoms with E-state index in [4.69, 9.17) is 5.73 Å². The molecule has 4 rings (SSSR count). The maximum absolute atomic E-state index is 12.4. The molecule has 0 bridgehead atoms. The minimum absolute atomic E-state index is 0.0520. The fraction of sp³-hybridized carbons (Fsp3) is 0.455. The lowest BCUT2D eigenvalue weighted by molar-refractivity contribution is 0.0465. The van der Waals surface area contributed by atoms with Crippen LogP contribution in [-0.2, 0) is 0 Å². The Morgan fingerprint density at radius 3 is 3.35 bits per heavy atom. The third kappa shape index (κ3) is 0.878. The Morgan fingerprint density at radius 2 is 2.47 bits per heavy atom. The summed E-state index contributed by atoms with van der Waals surface area (Å²) in [5, 5.41) is 3.21.